The van der Waals surface area contributed by atoms with Gasteiger partial charge in [-0.05, 0) is 32.0 Å². The maximum absolute atomic E-state index is 11.1. The number of aromatic nitrogens is 3. The molecule has 0 atom stereocenters. The van der Waals surface area contributed by atoms with Gasteiger partial charge in [0.25, 0.3) is 0 Å². The molecular weight excluding hydrogens is 218 g/mol. The highest BCUT2D eigenvalue weighted by molar-refractivity contribution is 5.94. The molecule has 0 saturated carbocycles. The molecule has 2 aromatic rings. The predicted octanol–water partition coefficient (Wildman–Crippen LogP) is 2.22. The quantitative estimate of drug-likeness (QED) is 0.879. The van der Waals surface area contributed by atoms with E-state index in [0.717, 1.165) is 5.69 Å². The molecule has 17 heavy (non-hydrogen) atoms. The second-order valence-electron chi connectivity index (χ2n) is 3.96. The molecule has 2 rings (SSSR count). The van der Waals surface area contributed by atoms with Gasteiger partial charge < -0.3 is 5.11 Å². The molecule has 0 amide bonds. The zero-order valence-electron chi connectivity index (χ0n) is 9.66. The summed E-state index contributed by atoms with van der Waals surface area (Å²) in [4.78, 5) is 15.3. The molecule has 2 aromatic heterocycles. The van der Waals surface area contributed by atoms with Crippen molar-refractivity contribution in [1.82, 2.24) is 14.8 Å². The predicted molar refractivity (Wildman–Crippen MR) is 62.8 cm³/mol. The molecule has 2 heterocycles. The van der Waals surface area contributed by atoms with Crippen LogP contribution >= 0.6 is 0 Å². The molecule has 0 fully saturated rings. The standard InChI is InChI=1S/C12H13N3O2/c1-8(2)15-10(5-7-14-15)11-9(12(16)17)4-3-6-13-11/h3-8H,1-2H3,(H,16,17). The lowest BCUT2D eigenvalue weighted by atomic mass is 10.1. The van der Waals surface area contributed by atoms with E-state index in [1.165, 1.54) is 0 Å². The van der Waals surface area contributed by atoms with Crippen molar-refractivity contribution < 1.29 is 9.90 Å². The van der Waals surface area contributed by atoms with Gasteiger partial charge in [0, 0.05) is 18.4 Å². The van der Waals surface area contributed by atoms with Crippen LogP contribution in [0.3, 0.4) is 0 Å². The third-order valence-corrected chi connectivity index (χ3v) is 2.44. The van der Waals surface area contributed by atoms with Crippen LogP contribution in [0.4, 0.5) is 0 Å². The van der Waals surface area contributed by atoms with Crippen LogP contribution in [0.15, 0.2) is 30.6 Å². The number of nitrogens with zero attached hydrogens (tertiary/aromatic N) is 3. The van der Waals surface area contributed by atoms with E-state index in [4.69, 9.17) is 5.11 Å². The Labute approximate surface area is 98.7 Å². The summed E-state index contributed by atoms with van der Waals surface area (Å²) in [5.41, 5.74) is 1.36. The minimum absolute atomic E-state index is 0.156. The van der Waals surface area contributed by atoms with Gasteiger partial charge in [-0.1, -0.05) is 0 Å². The first-order valence-electron chi connectivity index (χ1n) is 5.33. The van der Waals surface area contributed by atoms with Crippen LogP contribution in [0, 0.1) is 0 Å². The summed E-state index contributed by atoms with van der Waals surface area (Å²) < 4.78 is 1.76. The maximum atomic E-state index is 11.1. The first kappa shape index (κ1) is 11.3. The van der Waals surface area contributed by atoms with Gasteiger partial charge in [-0.15, -0.1) is 0 Å². The zero-order chi connectivity index (χ0) is 12.4. The van der Waals surface area contributed by atoms with E-state index in [9.17, 15) is 4.79 Å². The fraction of sp³-hybridized carbons (Fsp3) is 0.250. The van der Waals surface area contributed by atoms with Crippen molar-refractivity contribution in [2.75, 3.05) is 0 Å². The highest BCUT2D eigenvalue weighted by atomic mass is 16.4. The number of carboxylic acids is 1. The van der Waals surface area contributed by atoms with E-state index in [1.54, 1.807) is 35.3 Å². The molecule has 1 N–H and O–H groups in total. The van der Waals surface area contributed by atoms with E-state index < -0.39 is 5.97 Å². The highest BCUT2D eigenvalue weighted by Crippen LogP contribution is 2.23. The average Bonchev–Trinajstić information content (AvgIpc) is 2.77. The van der Waals surface area contributed by atoms with Gasteiger partial charge >= 0.3 is 5.97 Å². The Morgan fingerprint density at radius 1 is 1.35 bits per heavy atom. The molecule has 5 nitrogen and oxygen atoms in total. The summed E-state index contributed by atoms with van der Waals surface area (Å²) in [6.45, 7) is 3.97. The van der Waals surface area contributed by atoms with E-state index in [2.05, 4.69) is 10.1 Å². The number of carbonyl (C=O) groups is 1. The van der Waals surface area contributed by atoms with Crippen LogP contribution in [-0.4, -0.2) is 25.8 Å². The molecule has 0 radical (unpaired) electrons. The number of pyridine rings is 1. The van der Waals surface area contributed by atoms with Crippen LogP contribution in [0.2, 0.25) is 0 Å². The summed E-state index contributed by atoms with van der Waals surface area (Å²) in [6.07, 6.45) is 3.23. The molecular formula is C12H13N3O2. The third-order valence-electron chi connectivity index (χ3n) is 2.44. The molecule has 0 aliphatic heterocycles. The van der Waals surface area contributed by atoms with Crippen molar-refractivity contribution in [3.05, 3.63) is 36.2 Å². The molecule has 5 heteroatoms. The minimum Gasteiger partial charge on any atom is -0.478 e. The molecule has 88 valence electrons. The fourth-order valence-corrected chi connectivity index (χ4v) is 1.70. The van der Waals surface area contributed by atoms with E-state index >= 15 is 0 Å². The lowest BCUT2D eigenvalue weighted by molar-refractivity contribution is 0.0697. The Morgan fingerprint density at radius 3 is 2.76 bits per heavy atom. The first-order chi connectivity index (χ1) is 8.11. The Kier molecular flexibility index (Phi) is 2.91. The van der Waals surface area contributed by atoms with Crippen LogP contribution < -0.4 is 0 Å². The zero-order valence-corrected chi connectivity index (χ0v) is 9.66. The van der Waals surface area contributed by atoms with Crippen molar-refractivity contribution in [1.29, 1.82) is 0 Å². The highest BCUT2D eigenvalue weighted by Gasteiger charge is 2.16. The molecule has 0 spiro atoms. The maximum Gasteiger partial charge on any atom is 0.337 e. The molecule has 0 aliphatic rings. The van der Waals surface area contributed by atoms with Crippen molar-refractivity contribution in [2.45, 2.75) is 19.9 Å². The largest absolute Gasteiger partial charge is 0.478 e. The Balaban J connectivity index is 2.60. The van der Waals surface area contributed by atoms with Gasteiger partial charge in [0.2, 0.25) is 0 Å². The Bertz CT molecular complexity index is 546. The average molecular weight is 231 g/mol. The minimum atomic E-state index is -0.982. The van der Waals surface area contributed by atoms with E-state index in [0.29, 0.717) is 5.69 Å². The van der Waals surface area contributed by atoms with Crippen molar-refractivity contribution >= 4 is 5.97 Å². The topological polar surface area (TPSA) is 68.0 Å². The normalized spacial score (nSPS) is 10.8. The summed E-state index contributed by atoms with van der Waals surface area (Å²) in [6, 6.07) is 5.09. The summed E-state index contributed by atoms with van der Waals surface area (Å²) in [5, 5.41) is 13.3. The summed E-state index contributed by atoms with van der Waals surface area (Å²) >= 11 is 0. The van der Waals surface area contributed by atoms with E-state index in [1.807, 2.05) is 13.8 Å². The van der Waals surface area contributed by atoms with Gasteiger partial charge in [0.15, 0.2) is 0 Å². The number of carboxylic acid groups (broad SMARTS) is 1. The van der Waals surface area contributed by atoms with Crippen LogP contribution in [0.5, 0.6) is 0 Å². The summed E-state index contributed by atoms with van der Waals surface area (Å²) in [5.74, 6) is -0.982. The van der Waals surface area contributed by atoms with Gasteiger partial charge in [-0.2, -0.15) is 5.10 Å². The number of hydrogen-bond acceptors (Lipinski definition) is 3. The third kappa shape index (κ3) is 2.04. The molecule has 0 aliphatic carbocycles. The monoisotopic (exact) mass is 231 g/mol. The van der Waals surface area contributed by atoms with Crippen LogP contribution in [0.25, 0.3) is 11.4 Å². The summed E-state index contributed by atoms with van der Waals surface area (Å²) in [7, 11) is 0. The number of hydrogen-bond donors (Lipinski definition) is 1. The molecule has 0 unspecified atom stereocenters. The van der Waals surface area contributed by atoms with Crippen LogP contribution in [-0.2, 0) is 0 Å². The van der Waals surface area contributed by atoms with Crippen molar-refractivity contribution in [2.24, 2.45) is 0 Å². The Hall–Kier alpha value is -2.17. The number of rotatable bonds is 3. The first-order valence-corrected chi connectivity index (χ1v) is 5.33. The van der Waals surface area contributed by atoms with E-state index in [-0.39, 0.29) is 11.6 Å². The molecule has 0 saturated heterocycles. The van der Waals surface area contributed by atoms with Gasteiger partial charge in [0.1, 0.15) is 5.69 Å². The molecule has 0 aromatic carbocycles. The van der Waals surface area contributed by atoms with Crippen molar-refractivity contribution in [3.63, 3.8) is 0 Å². The lowest BCUT2D eigenvalue weighted by Crippen LogP contribution is -2.08. The van der Waals surface area contributed by atoms with Gasteiger partial charge in [-0.25, -0.2) is 4.79 Å². The number of aromatic carboxylic acids is 1. The Morgan fingerprint density at radius 2 is 2.12 bits per heavy atom. The fourth-order valence-electron chi connectivity index (χ4n) is 1.70. The second-order valence-corrected chi connectivity index (χ2v) is 3.96. The lowest BCUT2D eigenvalue weighted by Gasteiger charge is -2.11. The second kappa shape index (κ2) is 4.37. The van der Waals surface area contributed by atoms with Crippen molar-refractivity contribution in [3.8, 4) is 11.4 Å². The van der Waals surface area contributed by atoms with Gasteiger partial charge in [-0.3, -0.25) is 9.67 Å². The molecule has 0 bridgehead atoms. The SMILES string of the molecule is CC(C)n1nccc1-c1ncccc1C(=O)O. The van der Waals surface area contributed by atoms with Crippen LogP contribution in [0.1, 0.15) is 30.2 Å². The smallest absolute Gasteiger partial charge is 0.337 e. The van der Waals surface area contributed by atoms with Gasteiger partial charge in [0.05, 0.1) is 11.3 Å².